The van der Waals surface area contributed by atoms with Gasteiger partial charge in [-0.15, -0.1) is 0 Å². The summed E-state index contributed by atoms with van der Waals surface area (Å²) in [6, 6.07) is 6.49. The number of hydrogen-bond acceptors (Lipinski definition) is 1. The van der Waals surface area contributed by atoms with Crippen LogP contribution in [0.5, 0.6) is 0 Å². The van der Waals surface area contributed by atoms with Crippen LogP contribution >= 0.6 is 0 Å². The highest BCUT2D eigenvalue weighted by molar-refractivity contribution is 6.00. The number of fused-ring (bicyclic) bond motifs is 1. The Labute approximate surface area is 96.1 Å². The second-order valence-corrected chi connectivity index (χ2v) is 5.03. The van der Waals surface area contributed by atoms with Crippen molar-refractivity contribution in [1.82, 2.24) is 5.32 Å². The molecule has 1 N–H and O–H groups in total. The SMILES string of the molecule is Cc1cccc2c1C(=O)NC2C1CCCC1. The Hall–Kier alpha value is -1.31. The van der Waals surface area contributed by atoms with E-state index in [1.807, 2.05) is 13.0 Å². The van der Waals surface area contributed by atoms with Crippen LogP contribution in [0.4, 0.5) is 0 Å². The molecule has 1 unspecified atom stereocenters. The smallest absolute Gasteiger partial charge is 0.252 e. The Balaban J connectivity index is 2.01. The van der Waals surface area contributed by atoms with Gasteiger partial charge < -0.3 is 5.32 Å². The van der Waals surface area contributed by atoms with Gasteiger partial charge in [-0.2, -0.15) is 0 Å². The molecule has 0 radical (unpaired) electrons. The number of aryl methyl sites for hydroxylation is 1. The minimum atomic E-state index is 0.130. The fourth-order valence-corrected chi connectivity index (χ4v) is 3.21. The van der Waals surface area contributed by atoms with Crippen LogP contribution in [0.3, 0.4) is 0 Å². The molecule has 3 rings (SSSR count). The van der Waals surface area contributed by atoms with Crippen LogP contribution in [-0.4, -0.2) is 5.91 Å². The normalized spacial score (nSPS) is 24.6. The third-order valence-corrected chi connectivity index (χ3v) is 4.02. The number of carbonyl (C=O) groups is 1. The summed E-state index contributed by atoms with van der Waals surface area (Å²) in [4.78, 5) is 11.9. The molecular formula is C14H17NO. The van der Waals surface area contributed by atoms with Gasteiger partial charge in [0.05, 0.1) is 6.04 Å². The van der Waals surface area contributed by atoms with E-state index in [1.54, 1.807) is 0 Å². The van der Waals surface area contributed by atoms with Gasteiger partial charge in [-0.05, 0) is 36.8 Å². The van der Waals surface area contributed by atoms with Crippen LogP contribution < -0.4 is 5.32 Å². The minimum absolute atomic E-state index is 0.130. The molecular weight excluding hydrogens is 198 g/mol. The third kappa shape index (κ3) is 1.36. The van der Waals surface area contributed by atoms with Gasteiger partial charge in [0.2, 0.25) is 0 Å². The molecule has 0 aromatic heterocycles. The lowest BCUT2D eigenvalue weighted by Crippen LogP contribution is -2.24. The first-order valence-corrected chi connectivity index (χ1v) is 6.18. The summed E-state index contributed by atoms with van der Waals surface area (Å²) in [5.74, 6) is 0.789. The van der Waals surface area contributed by atoms with Crippen molar-refractivity contribution in [3.63, 3.8) is 0 Å². The Morgan fingerprint density at radius 2 is 2.00 bits per heavy atom. The molecule has 1 heterocycles. The Morgan fingerprint density at radius 1 is 1.25 bits per heavy atom. The molecule has 1 saturated carbocycles. The van der Waals surface area contributed by atoms with Crippen molar-refractivity contribution in [2.45, 2.75) is 38.6 Å². The zero-order chi connectivity index (χ0) is 11.1. The largest absolute Gasteiger partial charge is 0.345 e. The van der Waals surface area contributed by atoms with E-state index in [9.17, 15) is 4.79 Å². The fourth-order valence-electron chi connectivity index (χ4n) is 3.21. The summed E-state index contributed by atoms with van der Waals surface area (Å²) in [7, 11) is 0. The van der Waals surface area contributed by atoms with Crippen molar-refractivity contribution in [2.75, 3.05) is 0 Å². The summed E-state index contributed by atoms with van der Waals surface area (Å²) < 4.78 is 0. The van der Waals surface area contributed by atoms with Crippen molar-refractivity contribution in [3.05, 3.63) is 34.9 Å². The standard InChI is InChI=1S/C14H17NO/c1-9-5-4-8-11-12(9)14(16)15-13(11)10-6-2-3-7-10/h4-5,8,10,13H,2-3,6-7H2,1H3,(H,15,16). The van der Waals surface area contributed by atoms with Crippen molar-refractivity contribution < 1.29 is 4.79 Å². The van der Waals surface area contributed by atoms with Crippen molar-refractivity contribution in [2.24, 2.45) is 5.92 Å². The second kappa shape index (κ2) is 3.62. The molecule has 2 heteroatoms. The maximum atomic E-state index is 11.9. The van der Waals surface area contributed by atoms with Gasteiger partial charge in [-0.1, -0.05) is 31.0 Å². The summed E-state index contributed by atoms with van der Waals surface area (Å²) >= 11 is 0. The number of benzene rings is 1. The van der Waals surface area contributed by atoms with Crippen LogP contribution in [0.1, 0.15) is 53.2 Å². The molecule has 1 aromatic rings. The van der Waals surface area contributed by atoms with E-state index in [-0.39, 0.29) is 11.9 Å². The lowest BCUT2D eigenvalue weighted by molar-refractivity contribution is 0.0946. The zero-order valence-electron chi connectivity index (χ0n) is 9.62. The molecule has 1 aliphatic heterocycles. The molecule has 1 atom stereocenters. The van der Waals surface area contributed by atoms with E-state index in [4.69, 9.17) is 0 Å². The first-order valence-electron chi connectivity index (χ1n) is 6.18. The molecule has 0 bridgehead atoms. The van der Waals surface area contributed by atoms with Gasteiger partial charge in [0, 0.05) is 5.56 Å². The molecule has 0 spiro atoms. The van der Waals surface area contributed by atoms with Crippen LogP contribution in [0.15, 0.2) is 18.2 Å². The average molecular weight is 215 g/mol. The molecule has 2 nitrogen and oxygen atoms in total. The van der Waals surface area contributed by atoms with Gasteiger partial charge >= 0.3 is 0 Å². The van der Waals surface area contributed by atoms with E-state index < -0.39 is 0 Å². The number of amides is 1. The Bertz CT molecular complexity index is 432. The Kier molecular flexibility index (Phi) is 2.23. The lowest BCUT2D eigenvalue weighted by Gasteiger charge is -2.19. The fraction of sp³-hybridized carbons (Fsp3) is 0.500. The lowest BCUT2D eigenvalue weighted by atomic mass is 9.91. The molecule has 1 fully saturated rings. The first kappa shape index (κ1) is 9.88. The predicted octanol–water partition coefficient (Wildman–Crippen LogP) is 2.97. The summed E-state index contributed by atoms with van der Waals surface area (Å²) in [6.45, 7) is 2.02. The van der Waals surface area contributed by atoms with Gasteiger partial charge in [0.1, 0.15) is 0 Å². The second-order valence-electron chi connectivity index (χ2n) is 5.03. The summed E-state index contributed by atoms with van der Waals surface area (Å²) in [5.41, 5.74) is 3.27. The molecule has 84 valence electrons. The highest BCUT2D eigenvalue weighted by Crippen LogP contribution is 2.40. The molecule has 2 aliphatic rings. The molecule has 16 heavy (non-hydrogen) atoms. The van der Waals surface area contributed by atoms with E-state index in [2.05, 4.69) is 17.4 Å². The van der Waals surface area contributed by atoms with Gasteiger partial charge in [-0.25, -0.2) is 0 Å². The third-order valence-electron chi connectivity index (χ3n) is 4.02. The van der Waals surface area contributed by atoms with Crippen LogP contribution in [-0.2, 0) is 0 Å². The van der Waals surface area contributed by atoms with E-state index in [1.165, 1.54) is 31.2 Å². The maximum Gasteiger partial charge on any atom is 0.252 e. The number of carbonyl (C=O) groups excluding carboxylic acids is 1. The Morgan fingerprint density at radius 3 is 2.75 bits per heavy atom. The number of hydrogen-bond donors (Lipinski definition) is 1. The van der Waals surface area contributed by atoms with Crippen molar-refractivity contribution in [3.8, 4) is 0 Å². The quantitative estimate of drug-likeness (QED) is 0.766. The molecule has 1 aliphatic carbocycles. The zero-order valence-corrected chi connectivity index (χ0v) is 9.62. The van der Waals surface area contributed by atoms with E-state index in [0.717, 1.165) is 11.1 Å². The first-order chi connectivity index (χ1) is 7.77. The van der Waals surface area contributed by atoms with Crippen LogP contribution in [0, 0.1) is 12.8 Å². The van der Waals surface area contributed by atoms with Crippen molar-refractivity contribution in [1.29, 1.82) is 0 Å². The summed E-state index contributed by atoms with van der Waals surface area (Å²) in [6.07, 6.45) is 5.16. The topological polar surface area (TPSA) is 29.1 Å². The van der Waals surface area contributed by atoms with E-state index in [0.29, 0.717) is 5.92 Å². The summed E-state index contributed by atoms with van der Waals surface area (Å²) in [5, 5.41) is 3.16. The van der Waals surface area contributed by atoms with Crippen LogP contribution in [0.25, 0.3) is 0 Å². The highest BCUT2D eigenvalue weighted by atomic mass is 16.2. The van der Waals surface area contributed by atoms with E-state index >= 15 is 0 Å². The maximum absolute atomic E-state index is 11.9. The van der Waals surface area contributed by atoms with Gasteiger partial charge in [0.15, 0.2) is 0 Å². The number of nitrogens with one attached hydrogen (secondary N) is 1. The van der Waals surface area contributed by atoms with Crippen LogP contribution in [0.2, 0.25) is 0 Å². The highest BCUT2D eigenvalue weighted by Gasteiger charge is 2.35. The molecule has 1 amide bonds. The number of rotatable bonds is 1. The average Bonchev–Trinajstić information content (AvgIpc) is 2.86. The van der Waals surface area contributed by atoms with Crippen molar-refractivity contribution >= 4 is 5.91 Å². The minimum Gasteiger partial charge on any atom is -0.345 e. The molecule has 0 saturated heterocycles. The molecule has 1 aromatic carbocycles. The van der Waals surface area contributed by atoms with Gasteiger partial charge in [-0.3, -0.25) is 4.79 Å². The van der Waals surface area contributed by atoms with Gasteiger partial charge in [0.25, 0.3) is 5.91 Å². The predicted molar refractivity (Wildman–Crippen MR) is 63.3 cm³/mol. The monoisotopic (exact) mass is 215 g/mol.